The molecule has 0 aromatic heterocycles. The van der Waals surface area contributed by atoms with Gasteiger partial charge in [-0.25, -0.2) is 4.79 Å². The molecule has 186 valence electrons. The summed E-state index contributed by atoms with van der Waals surface area (Å²) < 4.78 is 11.3. The van der Waals surface area contributed by atoms with Gasteiger partial charge in [-0.05, 0) is 38.0 Å². The Morgan fingerprint density at radius 3 is 2.40 bits per heavy atom. The predicted molar refractivity (Wildman–Crippen MR) is 138 cm³/mol. The molecule has 2 aromatic rings. The van der Waals surface area contributed by atoms with Crippen LogP contribution in [0.2, 0.25) is 0 Å². The number of amides is 1. The molecular formula is C30H37NO4. The molecule has 5 heteroatoms. The van der Waals surface area contributed by atoms with E-state index < -0.39 is 17.9 Å². The zero-order chi connectivity index (χ0) is 25.1. The Morgan fingerprint density at radius 2 is 1.69 bits per heavy atom. The zero-order valence-electron chi connectivity index (χ0n) is 21.2. The molecule has 5 nitrogen and oxygen atoms in total. The van der Waals surface area contributed by atoms with Crippen LogP contribution in [0.3, 0.4) is 0 Å². The van der Waals surface area contributed by atoms with E-state index in [2.05, 4.69) is 18.8 Å². The van der Waals surface area contributed by atoms with E-state index in [-0.39, 0.29) is 19.0 Å². The van der Waals surface area contributed by atoms with Crippen molar-refractivity contribution in [1.82, 2.24) is 4.90 Å². The molecule has 1 fully saturated rings. The molecule has 0 N–H and O–H groups in total. The van der Waals surface area contributed by atoms with Crippen molar-refractivity contribution < 1.29 is 19.1 Å². The number of hydrogen-bond acceptors (Lipinski definition) is 4. The van der Waals surface area contributed by atoms with Gasteiger partial charge < -0.3 is 9.47 Å². The summed E-state index contributed by atoms with van der Waals surface area (Å²) in [6.07, 6.45) is 7.85. The number of carbonyl (C=O) groups is 2. The van der Waals surface area contributed by atoms with Gasteiger partial charge in [-0.2, -0.15) is 0 Å². The number of ether oxygens (including phenoxy) is 2. The van der Waals surface area contributed by atoms with Crippen LogP contribution in [0.15, 0.2) is 54.6 Å². The van der Waals surface area contributed by atoms with Gasteiger partial charge in [0.1, 0.15) is 18.4 Å². The fourth-order valence-electron chi connectivity index (χ4n) is 4.20. The third-order valence-electron chi connectivity index (χ3n) is 6.25. The number of benzene rings is 2. The van der Waals surface area contributed by atoms with Crippen molar-refractivity contribution in [2.75, 3.05) is 6.61 Å². The molecule has 1 saturated heterocycles. The number of Topliss-reactive ketones (excluding diaryl/α,β-unsaturated/α-hetero) is 1. The Kier molecular flexibility index (Phi) is 9.93. The third kappa shape index (κ3) is 7.70. The topological polar surface area (TPSA) is 55.8 Å². The fourth-order valence-corrected chi connectivity index (χ4v) is 4.20. The highest BCUT2D eigenvalue weighted by atomic mass is 16.6. The summed E-state index contributed by atoms with van der Waals surface area (Å²) in [5, 5.41) is 0. The van der Waals surface area contributed by atoms with E-state index in [9.17, 15) is 9.59 Å². The van der Waals surface area contributed by atoms with Gasteiger partial charge in [0.25, 0.3) is 0 Å². The van der Waals surface area contributed by atoms with Crippen LogP contribution in [-0.4, -0.2) is 35.2 Å². The van der Waals surface area contributed by atoms with Gasteiger partial charge in [0, 0.05) is 17.5 Å². The molecule has 1 aliphatic rings. The number of ketones is 1. The fraction of sp³-hybridized carbons (Fsp3) is 0.467. The molecule has 0 aliphatic carbocycles. The highest BCUT2D eigenvalue weighted by Gasteiger charge is 2.48. The first-order valence-corrected chi connectivity index (χ1v) is 12.7. The first-order valence-electron chi connectivity index (χ1n) is 12.7. The molecule has 1 atom stereocenters. The van der Waals surface area contributed by atoms with Gasteiger partial charge >= 0.3 is 6.09 Å². The lowest BCUT2D eigenvalue weighted by molar-refractivity contribution is -0.0484. The molecule has 3 rings (SSSR count). The Hall–Kier alpha value is -3.10. The Balaban J connectivity index is 1.57. The van der Waals surface area contributed by atoms with Crippen molar-refractivity contribution in [2.45, 2.75) is 84.1 Å². The second kappa shape index (κ2) is 13.1. The van der Waals surface area contributed by atoms with Crippen LogP contribution in [0, 0.1) is 11.8 Å². The van der Waals surface area contributed by atoms with Crippen LogP contribution >= 0.6 is 0 Å². The lowest BCUT2D eigenvalue weighted by Gasteiger charge is -2.32. The third-order valence-corrected chi connectivity index (χ3v) is 6.25. The Bertz CT molecular complexity index is 1020. The van der Waals surface area contributed by atoms with Crippen molar-refractivity contribution >= 4 is 11.9 Å². The van der Waals surface area contributed by atoms with Gasteiger partial charge in [-0.1, -0.05) is 93.3 Å². The van der Waals surface area contributed by atoms with E-state index >= 15 is 0 Å². The molecule has 0 spiro atoms. The van der Waals surface area contributed by atoms with E-state index in [0.29, 0.717) is 5.56 Å². The maximum atomic E-state index is 13.3. The minimum atomic E-state index is -0.934. The molecule has 0 bridgehead atoms. The summed E-state index contributed by atoms with van der Waals surface area (Å²) in [6, 6.07) is 16.0. The highest BCUT2D eigenvalue weighted by molar-refractivity contribution is 6.02. The second-order valence-corrected chi connectivity index (χ2v) is 9.44. The summed E-state index contributed by atoms with van der Waals surface area (Å²) in [4.78, 5) is 27.6. The number of unbranched alkanes of at least 4 members (excludes halogenated alkanes) is 6. The van der Waals surface area contributed by atoms with Crippen LogP contribution in [0.25, 0.3) is 0 Å². The molecule has 1 heterocycles. The summed E-state index contributed by atoms with van der Waals surface area (Å²) in [6.45, 7) is 6.04. The van der Waals surface area contributed by atoms with Crippen molar-refractivity contribution in [3.8, 4) is 11.8 Å². The zero-order valence-corrected chi connectivity index (χ0v) is 21.2. The minimum Gasteiger partial charge on any atom is -0.444 e. The smallest absolute Gasteiger partial charge is 0.413 e. The lowest BCUT2D eigenvalue weighted by Crippen LogP contribution is -2.50. The van der Waals surface area contributed by atoms with Gasteiger partial charge in [0.05, 0.1) is 6.61 Å². The molecule has 1 aliphatic heterocycles. The number of nitrogens with zero attached hydrogens (tertiary/aromatic N) is 1. The molecule has 2 aromatic carbocycles. The van der Waals surface area contributed by atoms with Crippen molar-refractivity contribution in [3.05, 3.63) is 71.3 Å². The summed E-state index contributed by atoms with van der Waals surface area (Å²) >= 11 is 0. The molecule has 0 unspecified atom stereocenters. The molecule has 1 amide bonds. The van der Waals surface area contributed by atoms with Crippen LogP contribution in [0.5, 0.6) is 0 Å². The Morgan fingerprint density at radius 1 is 1.00 bits per heavy atom. The summed E-state index contributed by atoms with van der Waals surface area (Å²) in [5.74, 6) is 6.25. The van der Waals surface area contributed by atoms with Gasteiger partial charge in [0.2, 0.25) is 0 Å². The van der Waals surface area contributed by atoms with Crippen molar-refractivity contribution in [3.63, 3.8) is 0 Å². The largest absolute Gasteiger partial charge is 0.444 e. The standard InChI is InChI=1S/C30H37NO4/c1-4-5-6-7-8-9-10-12-15-24-18-20-26(21-19-24)28(32)27-23-35-30(2,3)31(27)29(33)34-22-25-16-13-11-14-17-25/h11,13-14,16-21,27H,4-10,22-23H2,1-3H3/t27-/m1/s1. The average Bonchev–Trinajstić information content (AvgIpc) is 3.19. The summed E-state index contributed by atoms with van der Waals surface area (Å²) in [5.41, 5.74) is 1.36. The summed E-state index contributed by atoms with van der Waals surface area (Å²) in [7, 11) is 0. The van der Waals surface area contributed by atoms with Gasteiger partial charge in [-0.15, -0.1) is 0 Å². The van der Waals surface area contributed by atoms with E-state index in [1.807, 2.05) is 42.5 Å². The maximum absolute atomic E-state index is 13.3. The SMILES string of the molecule is CCCCCCCCC#Cc1ccc(C(=O)[C@H]2COC(C)(C)N2C(=O)OCc2ccccc2)cc1. The van der Waals surface area contributed by atoms with Crippen LogP contribution in [0.4, 0.5) is 4.79 Å². The van der Waals surface area contributed by atoms with Gasteiger partial charge in [-0.3, -0.25) is 9.69 Å². The molecular weight excluding hydrogens is 438 g/mol. The number of carbonyl (C=O) groups excluding carboxylic acids is 2. The van der Waals surface area contributed by atoms with E-state index in [1.165, 1.54) is 37.0 Å². The second-order valence-electron chi connectivity index (χ2n) is 9.44. The highest BCUT2D eigenvalue weighted by Crippen LogP contribution is 2.30. The molecule has 0 saturated carbocycles. The first kappa shape index (κ1) is 26.5. The van der Waals surface area contributed by atoms with Crippen molar-refractivity contribution in [1.29, 1.82) is 0 Å². The normalized spacial score (nSPS) is 16.4. The molecule has 35 heavy (non-hydrogen) atoms. The average molecular weight is 476 g/mol. The lowest BCUT2D eigenvalue weighted by atomic mass is 10.0. The number of hydrogen-bond donors (Lipinski definition) is 0. The van der Waals surface area contributed by atoms with Crippen LogP contribution in [-0.2, 0) is 16.1 Å². The van der Waals surface area contributed by atoms with E-state index in [0.717, 1.165) is 24.0 Å². The van der Waals surface area contributed by atoms with Crippen LogP contribution < -0.4 is 0 Å². The Labute approximate surface area is 209 Å². The van der Waals surface area contributed by atoms with E-state index in [4.69, 9.17) is 9.47 Å². The minimum absolute atomic E-state index is 0.131. The monoisotopic (exact) mass is 475 g/mol. The quantitative estimate of drug-likeness (QED) is 0.217. The van der Waals surface area contributed by atoms with E-state index in [1.54, 1.807) is 26.0 Å². The molecule has 0 radical (unpaired) electrons. The predicted octanol–water partition coefficient (Wildman–Crippen LogP) is 6.75. The van der Waals surface area contributed by atoms with Crippen LogP contribution in [0.1, 0.15) is 87.2 Å². The maximum Gasteiger partial charge on any atom is 0.413 e. The van der Waals surface area contributed by atoms with Gasteiger partial charge in [0.15, 0.2) is 5.78 Å². The van der Waals surface area contributed by atoms with Crippen molar-refractivity contribution in [2.24, 2.45) is 0 Å². The number of rotatable bonds is 10. The first-order chi connectivity index (χ1) is 16.9.